The van der Waals surface area contributed by atoms with Gasteiger partial charge in [0.1, 0.15) is 11.6 Å². The number of esters is 1. The Kier molecular flexibility index (Phi) is 5.90. The number of aromatic amines is 1. The van der Waals surface area contributed by atoms with Crippen LogP contribution in [-0.4, -0.2) is 64.5 Å². The summed E-state index contributed by atoms with van der Waals surface area (Å²) in [6.45, 7) is 1.94. The van der Waals surface area contributed by atoms with Crippen LogP contribution in [0.3, 0.4) is 0 Å². The monoisotopic (exact) mass is 459 g/mol. The van der Waals surface area contributed by atoms with Gasteiger partial charge in [-0.2, -0.15) is 0 Å². The third kappa shape index (κ3) is 4.59. The second-order valence-corrected chi connectivity index (χ2v) is 7.98. The smallest absolute Gasteiger partial charge is 0.338 e. The molecule has 1 aliphatic heterocycles. The molecule has 8 nitrogen and oxygen atoms in total. The molecule has 0 spiro atoms. The number of anilines is 1. The van der Waals surface area contributed by atoms with Crippen LogP contribution in [0.25, 0.3) is 22.4 Å². The normalized spacial score (nSPS) is 13.8. The zero-order chi connectivity index (χ0) is 23.5. The van der Waals surface area contributed by atoms with Crippen molar-refractivity contribution in [2.45, 2.75) is 0 Å². The van der Waals surface area contributed by atoms with Crippen LogP contribution in [0.2, 0.25) is 0 Å². The Morgan fingerprint density at radius 2 is 1.82 bits per heavy atom. The number of H-pyrrole nitrogens is 1. The van der Waals surface area contributed by atoms with E-state index < -0.39 is 5.97 Å². The lowest BCUT2D eigenvalue weighted by molar-refractivity contribution is -0.134. The first-order chi connectivity index (χ1) is 16.6. The maximum atomic E-state index is 13.1. The van der Waals surface area contributed by atoms with Crippen molar-refractivity contribution >= 4 is 28.6 Å². The minimum atomic E-state index is -0.572. The molecular formula is C25H22FN5O3. The van der Waals surface area contributed by atoms with Gasteiger partial charge in [-0.3, -0.25) is 9.78 Å². The number of carbonyl (C=O) groups excluding carboxylic acids is 2. The van der Waals surface area contributed by atoms with E-state index in [1.165, 1.54) is 12.1 Å². The van der Waals surface area contributed by atoms with Crippen molar-refractivity contribution < 1.29 is 18.7 Å². The number of carbonyl (C=O) groups is 2. The quantitative estimate of drug-likeness (QED) is 0.461. The van der Waals surface area contributed by atoms with E-state index in [0.717, 1.165) is 11.3 Å². The Labute approximate surface area is 195 Å². The maximum absolute atomic E-state index is 13.1. The molecule has 0 atom stereocenters. The summed E-state index contributed by atoms with van der Waals surface area (Å²) in [6, 6.07) is 15.0. The zero-order valence-electron chi connectivity index (χ0n) is 18.3. The molecule has 9 heteroatoms. The summed E-state index contributed by atoms with van der Waals surface area (Å²) in [6.07, 6.45) is 3.39. The first kappa shape index (κ1) is 21.6. The van der Waals surface area contributed by atoms with Gasteiger partial charge in [-0.1, -0.05) is 0 Å². The second kappa shape index (κ2) is 9.30. The van der Waals surface area contributed by atoms with E-state index in [4.69, 9.17) is 4.74 Å². The highest BCUT2D eigenvalue weighted by Crippen LogP contribution is 2.21. The molecular weight excluding hydrogens is 437 g/mol. The van der Waals surface area contributed by atoms with Crippen LogP contribution in [-0.2, 0) is 9.53 Å². The Hall–Kier alpha value is -4.27. The first-order valence-corrected chi connectivity index (χ1v) is 10.9. The van der Waals surface area contributed by atoms with Gasteiger partial charge in [0.15, 0.2) is 6.61 Å². The average Bonchev–Trinajstić information content (AvgIpc) is 3.32. The van der Waals surface area contributed by atoms with Crippen molar-refractivity contribution in [3.63, 3.8) is 0 Å². The Bertz CT molecular complexity index is 1320. The van der Waals surface area contributed by atoms with E-state index in [-0.39, 0.29) is 18.3 Å². The van der Waals surface area contributed by atoms with E-state index in [1.54, 1.807) is 47.6 Å². The van der Waals surface area contributed by atoms with Crippen molar-refractivity contribution in [1.29, 1.82) is 0 Å². The van der Waals surface area contributed by atoms with E-state index in [2.05, 4.69) is 19.9 Å². The van der Waals surface area contributed by atoms with E-state index in [0.29, 0.717) is 48.6 Å². The fourth-order valence-electron chi connectivity index (χ4n) is 3.94. The molecule has 5 rings (SSSR count). The highest BCUT2D eigenvalue weighted by atomic mass is 19.1. The number of aromatic nitrogens is 3. The number of hydrogen-bond acceptors (Lipinski definition) is 6. The lowest BCUT2D eigenvalue weighted by Crippen LogP contribution is -2.49. The zero-order valence-corrected chi connectivity index (χ0v) is 18.3. The molecule has 1 fully saturated rings. The van der Waals surface area contributed by atoms with E-state index >= 15 is 0 Å². The summed E-state index contributed by atoms with van der Waals surface area (Å²) in [5, 5.41) is 0. The van der Waals surface area contributed by atoms with Gasteiger partial charge in [0.25, 0.3) is 5.91 Å². The number of nitrogens with one attached hydrogen (secondary N) is 1. The Morgan fingerprint density at radius 1 is 1.03 bits per heavy atom. The molecule has 2 aromatic carbocycles. The lowest BCUT2D eigenvalue weighted by Gasteiger charge is -2.36. The third-order valence-corrected chi connectivity index (χ3v) is 5.80. The minimum absolute atomic E-state index is 0.242. The number of hydrogen-bond donors (Lipinski definition) is 1. The van der Waals surface area contributed by atoms with E-state index in [9.17, 15) is 14.0 Å². The predicted molar refractivity (Wildman–Crippen MR) is 125 cm³/mol. The van der Waals surface area contributed by atoms with E-state index in [1.807, 2.05) is 12.1 Å². The molecule has 2 aromatic heterocycles. The van der Waals surface area contributed by atoms with Crippen LogP contribution in [0, 0.1) is 5.82 Å². The van der Waals surface area contributed by atoms with Gasteiger partial charge < -0.3 is 19.5 Å². The maximum Gasteiger partial charge on any atom is 0.338 e. The van der Waals surface area contributed by atoms with Gasteiger partial charge in [0, 0.05) is 49.8 Å². The van der Waals surface area contributed by atoms with Gasteiger partial charge in [-0.15, -0.1) is 0 Å². The number of pyridine rings is 1. The number of halogens is 1. The van der Waals surface area contributed by atoms with Crippen molar-refractivity contribution in [3.8, 4) is 11.4 Å². The Balaban J connectivity index is 1.16. The molecule has 0 radical (unpaired) electrons. The van der Waals surface area contributed by atoms with Crippen molar-refractivity contribution in [3.05, 3.63) is 78.4 Å². The molecule has 172 valence electrons. The summed E-state index contributed by atoms with van der Waals surface area (Å²) in [4.78, 5) is 40.7. The molecule has 34 heavy (non-hydrogen) atoms. The lowest BCUT2D eigenvalue weighted by atomic mass is 10.2. The van der Waals surface area contributed by atoms with Crippen LogP contribution >= 0.6 is 0 Å². The highest BCUT2D eigenvalue weighted by molar-refractivity contribution is 5.95. The fourth-order valence-corrected chi connectivity index (χ4v) is 3.94. The number of nitrogens with zero attached hydrogens (tertiary/aromatic N) is 4. The molecule has 4 aromatic rings. The van der Waals surface area contributed by atoms with Crippen molar-refractivity contribution in [2.75, 3.05) is 37.7 Å². The highest BCUT2D eigenvalue weighted by Gasteiger charge is 2.22. The summed E-state index contributed by atoms with van der Waals surface area (Å²) in [7, 11) is 0. The van der Waals surface area contributed by atoms with Crippen LogP contribution < -0.4 is 4.90 Å². The molecule has 3 heterocycles. The van der Waals surface area contributed by atoms with Gasteiger partial charge in [0.05, 0.1) is 16.6 Å². The molecule has 1 saturated heterocycles. The van der Waals surface area contributed by atoms with Crippen molar-refractivity contribution in [2.24, 2.45) is 0 Å². The summed E-state index contributed by atoms with van der Waals surface area (Å²) < 4.78 is 18.4. The second-order valence-electron chi connectivity index (χ2n) is 7.98. The topological polar surface area (TPSA) is 91.4 Å². The molecule has 1 N–H and O–H groups in total. The largest absolute Gasteiger partial charge is 0.452 e. The number of ether oxygens (including phenoxy) is 1. The fraction of sp³-hybridized carbons (Fsp3) is 0.200. The van der Waals surface area contributed by atoms with Crippen LogP contribution in [0.1, 0.15) is 10.4 Å². The SMILES string of the molecule is O=C(OCC(=O)N1CCN(c2ccc(F)cc2)CC1)c1ccc2nc(-c3cccnc3)[nH]c2c1. The Morgan fingerprint density at radius 3 is 2.56 bits per heavy atom. The van der Waals surface area contributed by atoms with Crippen LogP contribution in [0.5, 0.6) is 0 Å². The summed E-state index contributed by atoms with van der Waals surface area (Å²) in [5.41, 5.74) is 3.50. The number of rotatable bonds is 5. The van der Waals surface area contributed by atoms with Crippen molar-refractivity contribution in [1.82, 2.24) is 19.9 Å². The molecule has 0 unspecified atom stereocenters. The summed E-state index contributed by atoms with van der Waals surface area (Å²) >= 11 is 0. The molecule has 1 aliphatic rings. The molecule has 0 aliphatic carbocycles. The number of amides is 1. The standard InChI is InChI=1S/C25H22FN5O3/c26-19-4-6-20(7-5-19)30-10-12-31(13-11-30)23(32)16-34-25(33)17-3-8-21-22(14-17)29-24(28-21)18-2-1-9-27-15-18/h1-9,14-15H,10-13,16H2,(H,28,29). The number of benzene rings is 2. The van der Waals surface area contributed by atoms with Crippen LogP contribution in [0.4, 0.5) is 10.1 Å². The van der Waals surface area contributed by atoms with Gasteiger partial charge in [0.2, 0.25) is 0 Å². The first-order valence-electron chi connectivity index (χ1n) is 10.9. The predicted octanol–water partition coefficient (Wildman–Crippen LogP) is 3.27. The third-order valence-electron chi connectivity index (χ3n) is 5.80. The van der Waals surface area contributed by atoms with Gasteiger partial charge in [-0.05, 0) is 54.6 Å². The number of fused-ring (bicyclic) bond motifs is 1. The van der Waals surface area contributed by atoms with Gasteiger partial charge in [-0.25, -0.2) is 14.2 Å². The summed E-state index contributed by atoms with van der Waals surface area (Å²) in [5.74, 6) is -0.435. The van der Waals surface area contributed by atoms with Crippen LogP contribution in [0.15, 0.2) is 67.0 Å². The minimum Gasteiger partial charge on any atom is -0.452 e. The number of piperazine rings is 1. The molecule has 0 bridgehead atoms. The average molecular weight is 459 g/mol. The number of imidazole rings is 1. The molecule has 1 amide bonds. The molecule has 0 saturated carbocycles. The van der Waals surface area contributed by atoms with Gasteiger partial charge >= 0.3 is 5.97 Å².